The van der Waals surface area contributed by atoms with Crippen molar-refractivity contribution in [1.29, 1.82) is 0 Å². The van der Waals surface area contributed by atoms with Crippen LogP contribution in [0.25, 0.3) is 17.2 Å². The lowest BCUT2D eigenvalue weighted by Crippen LogP contribution is -2.36. The van der Waals surface area contributed by atoms with Gasteiger partial charge in [0.1, 0.15) is 5.82 Å². The molecule has 5 rings (SSSR count). The lowest BCUT2D eigenvalue weighted by atomic mass is 9.78. The van der Waals surface area contributed by atoms with Crippen LogP contribution >= 0.6 is 0 Å². The molecule has 0 radical (unpaired) electrons. The van der Waals surface area contributed by atoms with Crippen molar-refractivity contribution in [2.24, 2.45) is 0 Å². The van der Waals surface area contributed by atoms with E-state index < -0.39 is 5.41 Å². The Morgan fingerprint density at radius 2 is 1.94 bits per heavy atom. The highest BCUT2D eigenvalue weighted by Gasteiger charge is 2.31. The molecule has 0 saturated heterocycles. The van der Waals surface area contributed by atoms with E-state index in [1.807, 2.05) is 53.6 Å². The molecule has 1 aliphatic rings. The molecule has 0 bridgehead atoms. The molecule has 9 nitrogen and oxygen atoms in total. The van der Waals surface area contributed by atoms with Crippen molar-refractivity contribution in [1.82, 2.24) is 39.6 Å². The number of nitrogens with one attached hydrogen (secondary N) is 2. The summed E-state index contributed by atoms with van der Waals surface area (Å²) in [5.41, 5.74) is 2.36. The molecule has 2 N–H and O–H groups in total. The highest BCUT2D eigenvalue weighted by molar-refractivity contribution is 5.57. The predicted molar refractivity (Wildman–Crippen MR) is 135 cm³/mol. The summed E-state index contributed by atoms with van der Waals surface area (Å²) in [7, 11) is 0. The van der Waals surface area contributed by atoms with Crippen molar-refractivity contribution < 1.29 is 0 Å². The summed E-state index contributed by atoms with van der Waals surface area (Å²) >= 11 is 0. The number of hydrogen-bond acceptors (Lipinski definition) is 5. The van der Waals surface area contributed by atoms with E-state index in [1.54, 1.807) is 4.57 Å². The van der Waals surface area contributed by atoms with Crippen molar-refractivity contribution in [3.05, 3.63) is 95.1 Å². The van der Waals surface area contributed by atoms with Gasteiger partial charge in [-0.2, -0.15) is 5.21 Å². The molecule has 0 unspecified atom stereocenters. The number of dihydropyridines is 1. The highest BCUT2D eigenvalue weighted by Crippen LogP contribution is 2.33. The van der Waals surface area contributed by atoms with Crippen LogP contribution in [0.5, 0.6) is 0 Å². The zero-order valence-corrected chi connectivity index (χ0v) is 20.2. The maximum atomic E-state index is 13.9. The van der Waals surface area contributed by atoms with Gasteiger partial charge in [0.05, 0.1) is 5.41 Å². The summed E-state index contributed by atoms with van der Waals surface area (Å²) in [5.74, 6) is 1.42. The summed E-state index contributed by atoms with van der Waals surface area (Å²) in [6.45, 7) is 6.85. The van der Waals surface area contributed by atoms with Gasteiger partial charge < -0.3 is 9.88 Å². The lowest BCUT2D eigenvalue weighted by Gasteiger charge is -2.31. The molecule has 0 atom stereocenters. The van der Waals surface area contributed by atoms with E-state index in [4.69, 9.17) is 0 Å². The molecule has 0 saturated carbocycles. The minimum Gasteiger partial charge on any atom is -0.368 e. The smallest absolute Gasteiger partial charge is 0.334 e. The van der Waals surface area contributed by atoms with Crippen LogP contribution in [0.2, 0.25) is 0 Å². The number of H-pyrrole nitrogens is 1. The van der Waals surface area contributed by atoms with E-state index in [0.717, 1.165) is 35.5 Å². The van der Waals surface area contributed by atoms with Crippen LogP contribution < -0.4 is 11.0 Å². The fourth-order valence-corrected chi connectivity index (χ4v) is 4.73. The first-order valence-electron chi connectivity index (χ1n) is 12.0. The Bertz CT molecular complexity index is 1410. The van der Waals surface area contributed by atoms with E-state index in [0.29, 0.717) is 12.4 Å². The van der Waals surface area contributed by atoms with E-state index in [-0.39, 0.29) is 11.7 Å². The Morgan fingerprint density at radius 1 is 1.11 bits per heavy atom. The van der Waals surface area contributed by atoms with Gasteiger partial charge in [-0.05, 0) is 61.6 Å². The topological polar surface area (TPSA) is 98.4 Å². The van der Waals surface area contributed by atoms with Crippen LogP contribution in [0, 0.1) is 0 Å². The first kappa shape index (κ1) is 22.6. The second-order valence-corrected chi connectivity index (χ2v) is 9.17. The Kier molecular flexibility index (Phi) is 5.98. The number of benzene rings is 1. The van der Waals surface area contributed by atoms with Gasteiger partial charge in [0.15, 0.2) is 0 Å². The van der Waals surface area contributed by atoms with Gasteiger partial charge in [-0.25, -0.2) is 4.79 Å². The monoisotopic (exact) mass is 470 g/mol. The molecule has 4 aromatic rings. The molecule has 1 aliphatic heterocycles. The summed E-state index contributed by atoms with van der Waals surface area (Å²) in [4.78, 5) is 13.9. The maximum absolute atomic E-state index is 13.9. The number of tetrazole rings is 1. The Morgan fingerprint density at radius 3 is 2.66 bits per heavy atom. The van der Waals surface area contributed by atoms with Crippen molar-refractivity contribution in [3.8, 4) is 17.2 Å². The van der Waals surface area contributed by atoms with Crippen LogP contribution in [0.15, 0.2) is 78.1 Å². The van der Waals surface area contributed by atoms with Crippen LogP contribution in [0.4, 0.5) is 0 Å². The molecule has 3 aromatic heterocycles. The van der Waals surface area contributed by atoms with Crippen molar-refractivity contribution >= 4 is 0 Å². The quantitative estimate of drug-likeness (QED) is 0.409. The van der Waals surface area contributed by atoms with Gasteiger partial charge in [0, 0.05) is 36.2 Å². The Labute approximate surface area is 203 Å². The number of rotatable bonds is 8. The molecule has 0 aliphatic carbocycles. The predicted octanol–water partition coefficient (Wildman–Crippen LogP) is 3.72. The largest absolute Gasteiger partial charge is 0.368 e. The third kappa shape index (κ3) is 4.14. The van der Waals surface area contributed by atoms with Crippen LogP contribution in [-0.4, -0.2) is 34.3 Å². The first-order chi connectivity index (χ1) is 17.0. The van der Waals surface area contributed by atoms with Gasteiger partial charge in [-0.3, -0.25) is 9.13 Å². The number of allylic oxidation sites excluding steroid dienone is 2. The summed E-state index contributed by atoms with van der Waals surface area (Å²) in [5, 5.41) is 17.6. The van der Waals surface area contributed by atoms with E-state index in [9.17, 15) is 4.79 Å². The Hall–Kier alpha value is -4.14. The maximum Gasteiger partial charge on any atom is 0.334 e. The number of aromatic nitrogens is 7. The number of nitrogens with zero attached hydrogens (tertiary/aromatic N) is 6. The number of aromatic amines is 1. The van der Waals surface area contributed by atoms with E-state index in [1.165, 1.54) is 0 Å². The van der Waals surface area contributed by atoms with Gasteiger partial charge >= 0.3 is 5.69 Å². The number of aryl methyl sites for hydroxylation is 1. The molecule has 0 spiro atoms. The normalized spacial score (nSPS) is 14.5. The lowest BCUT2D eigenvalue weighted by molar-refractivity contribution is 0.496. The van der Waals surface area contributed by atoms with Gasteiger partial charge in [-0.15, -0.1) is 10.2 Å². The average molecular weight is 471 g/mol. The van der Waals surface area contributed by atoms with Crippen molar-refractivity contribution in [3.63, 3.8) is 0 Å². The minimum atomic E-state index is -0.524. The average Bonchev–Trinajstić information content (AvgIpc) is 3.63. The second-order valence-electron chi connectivity index (χ2n) is 9.17. The van der Waals surface area contributed by atoms with Crippen molar-refractivity contribution in [2.45, 2.75) is 51.6 Å². The zero-order chi connectivity index (χ0) is 24.4. The molecular weight excluding hydrogens is 440 g/mol. The van der Waals surface area contributed by atoms with Gasteiger partial charge in [0.25, 0.3) is 0 Å². The Balaban J connectivity index is 1.62. The molecule has 180 valence electrons. The fourth-order valence-electron chi connectivity index (χ4n) is 4.73. The molecule has 9 heteroatoms. The molecule has 0 fully saturated rings. The first-order valence-corrected chi connectivity index (χ1v) is 12.0. The molecule has 0 amide bonds. The fraction of sp³-hybridized carbons (Fsp3) is 0.308. The van der Waals surface area contributed by atoms with Crippen LogP contribution in [0.1, 0.15) is 44.5 Å². The van der Waals surface area contributed by atoms with Crippen LogP contribution in [0.3, 0.4) is 0 Å². The molecule has 35 heavy (non-hydrogen) atoms. The minimum absolute atomic E-state index is 0.0388. The van der Waals surface area contributed by atoms with Crippen LogP contribution in [-0.2, 0) is 18.4 Å². The number of hydrogen-bond donors (Lipinski definition) is 2. The summed E-state index contributed by atoms with van der Waals surface area (Å²) in [6, 6.07) is 12.3. The SMILES string of the molecule is CCCc1cn(-c2cccn2C(C)C)c(=O)n1CC1(c2cccc(-c3nn[nH]n3)c2)C=CNC=C1. The summed E-state index contributed by atoms with van der Waals surface area (Å²) in [6.07, 6.45) is 13.8. The third-order valence-corrected chi connectivity index (χ3v) is 6.50. The highest BCUT2D eigenvalue weighted by atomic mass is 16.1. The van der Waals surface area contributed by atoms with Crippen molar-refractivity contribution in [2.75, 3.05) is 0 Å². The molecule has 4 heterocycles. The van der Waals surface area contributed by atoms with E-state index in [2.05, 4.69) is 75.6 Å². The van der Waals surface area contributed by atoms with Gasteiger partial charge in [0.2, 0.25) is 5.82 Å². The molecular formula is C26H30N8O. The van der Waals surface area contributed by atoms with E-state index >= 15 is 0 Å². The zero-order valence-electron chi connectivity index (χ0n) is 20.2. The standard InChI is InChI=1S/C26H30N8O/c1-4-7-22-17-33(23-10-6-15-32(23)19(2)3)25(35)34(22)18-26(11-13-27-14-12-26)21-9-5-8-20(16-21)24-28-30-31-29-24/h5-6,8-17,19,27H,4,7,18H2,1-3H3,(H,28,29,30,31). The summed E-state index contributed by atoms with van der Waals surface area (Å²) < 4.78 is 5.82. The number of imidazole rings is 1. The molecule has 1 aromatic carbocycles. The third-order valence-electron chi connectivity index (χ3n) is 6.50. The second kappa shape index (κ2) is 9.25. The van der Waals surface area contributed by atoms with Gasteiger partial charge in [-0.1, -0.05) is 43.7 Å².